The Morgan fingerprint density at radius 3 is 2.69 bits per heavy atom. The molecular formula is C11H16OS. The first-order valence-electron chi connectivity index (χ1n) is 4.79. The van der Waals surface area contributed by atoms with Gasteiger partial charge in [-0.25, -0.2) is 0 Å². The Balaban J connectivity index is 2.30. The first kappa shape index (κ1) is 10.5. The zero-order chi connectivity index (χ0) is 9.68. The highest BCUT2D eigenvalue weighted by Gasteiger charge is 2.02. The van der Waals surface area contributed by atoms with Crippen molar-refractivity contribution in [3.8, 4) is 0 Å². The molecule has 0 radical (unpaired) electrons. The standard InChI is InChI=1S/C11H16OS/c1-3-4-10(12)6-8-11-7-5-9(2)13-11/h5,7H,3-4,6,8H2,1-2H3. The van der Waals surface area contributed by atoms with Gasteiger partial charge in [-0.2, -0.15) is 0 Å². The molecule has 13 heavy (non-hydrogen) atoms. The van der Waals surface area contributed by atoms with Crippen molar-refractivity contribution in [2.45, 2.75) is 39.5 Å². The van der Waals surface area contributed by atoms with E-state index in [0.717, 1.165) is 19.3 Å². The summed E-state index contributed by atoms with van der Waals surface area (Å²) in [5.41, 5.74) is 0. The van der Waals surface area contributed by atoms with Crippen LogP contribution in [0.3, 0.4) is 0 Å². The van der Waals surface area contributed by atoms with Crippen molar-refractivity contribution in [2.24, 2.45) is 0 Å². The van der Waals surface area contributed by atoms with Crippen LogP contribution in [0.25, 0.3) is 0 Å². The molecule has 1 heterocycles. The minimum atomic E-state index is 0.397. The second kappa shape index (κ2) is 5.18. The first-order valence-corrected chi connectivity index (χ1v) is 5.61. The van der Waals surface area contributed by atoms with E-state index in [1.165, 1.54) is 9.75 Å². The quantitative estimate of drug-likeness (QED) is 0.705. The molecule has 2 heteroatoms. The van der Waals surface area contributed by atoms with Gasteiger partial charge in [0.1, 0.15) is 5.78 Å². The Labute approximate surface area is 83.8 Å². The van der Waals surface area contributed by atoms with Crippen molar-refractivity contribution in [1.82, 2.24) is 0 Å². The van der Waals surface area contributed by atoms with Crippen LogP contribution < -0.4 is 0 Å². The monoisotopic (exact) mass is 196 g/mol. The second-order valence-electron chi connectivity index (χ2n) is 3.30. The Bertz CT molecular complexity index is 275. The van der Waals surface area contributed by atoms with Gasteiger partial charge in [-0.1, -0.05) is 6.92 Å². The molecule has 0 saturated heterocycles. The van der Waals surface area contributed by atoms with E-state index in [0.29, 0.717) is 12.2 Å². The Kier molecular flexibility index (Phi) is 4.16. The Morgan fingerprint density at radius 1 is 1.38 bits per heavy atom. The van der Waals surface area contributed by atoms with Crippen LogP contribution in [0, 0.1) is 6.92 Å². The molecule has 0 N–H and O–H groups in total. The van der Waals surface area contributed by atoms with Crippen LogP contribution in [0.4, 0.5) is 0 Å². The average Bonchev–Trinajstić information content (AvgIpc) is 2.49. The van der Waals surface area contributed by atoms with Crippen molar-refractivity contribution in [2.75, 3.05) is 0 Å². The Hall–Kier alpha value is -0.630. The lowest BCUT2D eigenvalue weighted by Gasteiger charge is -1.96. The molecule has 1 aromatic rings. The summed E-state index contributed by atoms with van der Waals surface area (Å²) in [4.78, 5) is 13.9. The fraction of sp³-hybridized carbons (Fsp3) is 0.545. The van der Waals surface area contributed by atoms with Gasteiger partial charge in [-0.15, -0.1) is 11.3 Å². The van der Waals surface area contributed by atoms with Crippen LogP contribution in [-0.4, -0.2) is 5.78 Å². The molecule has 0 saturated carbocycles. The number of carbonyl (C=O) groups is 1. The number of carbonyl (C=O) groups excluding carboxylic acids is 1. The van der Waals surface area contributed by atoms with Crippen molar-refractivity contribution in [1.29, 1.82) is 0 Å². The first-order chi connectivity index (χ1) is 6.22. The van der Waals surface area contributed by atoms with Gasteiger partial charge >= 0.3 is 0 Å². The fourth-order valence-corrected chi connectivity index (χ4v) is 2.18. The van der Waals surface area contributed by atoms with Gasteiger partial charge in [-0.3, -0.25) is 4.79 Å². The van der Waals surface area contributed by atoms with Crippen molar-refractivity contribution < 1.29 is 4.79 Å². The highest BCUT2D eigenvalue weighted by Crippen LogP contribution is 2.17. The molecule has 0 atom stereocenters. The summed E-state index contributed by atoms with van der Waals surface area (Å²) in [6, 6.07) is 4.24. The van der Waals surface area contributed by atoms with E-state index in [2.05, 4.69) is 19.1 Å². The molecule has 1 aromatic heterocycles. The zero-order valence-electron chi connectivity index (χ0n) is 8.30. The smallest absolute Gasteiger partial charge is 0.133 e. The predicted octanol–water partition coefficient (Wildman–Crippen LogP) is 3.36. The molecule has 0 aliphatic carbocycles. The number of aryl methyl sites for hydroxylation is 2. The van der Waals surface area contributed by atoms with Gasteiger partial charge in [0.15, 0.2) is 0 Å². The van der Waals surface area contributed by atoms with Crippen molar-refractivity contribution in [3.63, 3.8) is 0 Å². The van der Waals surface area contributed by atoms with Crippen LogP contribution in [0.1, 0.15) is 35.9 Å². The van der Waals surface area contributed by atoms with Gasteiger partial charge in [0.25, 0.3) is 0 Å². The van der Waals surface area contributed by atoms with E-state index < -0.39 is 0 Å². The summed E-state index contributed by atoms with van der Waals surface area (Å²) in [6.45, 7) is 4.15. The average molecular weight is 196 g/mol. The molecule has 0 fully saturated rings. The van der Waals surface area contributed by atoms with E-state index in [-0.39, 0.29) is 0 Å². The maximum Gasteiger partial charge on any atom is 0.133 e. The molecule has 72 valence electrons. The van der Waals surface area contributed by atoms with E-state index in [1.807, 2.05) is 6.92 Å². The number of thiophene rings is 1. The van der Waals surface area contributed by atoms with Crippen LogP contribution in [0.15, 0.2) is 12.1 Å². The van der Waals surface area contributed by atoms with Crippen molar-refractivity contribution >= 4 is 17.1 Å². The maximum absolute atomic E-state index is 11.2. The van der Waals surface area contributed by atoms with Gasteiger partial charge in [0, 0.05) is 22.6 Å². The SMILES string of the molecule is CCCC(=O)CCc1ccc(C)s1. The van der Waals surface area contributed by atoms with E-state index in [4.69, 9.17) is 0 Å². The van der Waals surface area contributed by atoms with Gasteiger partial charge in [0.2, 0.25) is 0 Å². The molecule has 0 bridgehead atoms. The molecular weight excluding hydrogens is 180 g/mol. The third-order valence-electron chi connectivity index (χ3n) is 1.98. The minimum absolute atomic E-state index is 0.397. The van der Waals surface area contributed by atoms with Crippen LogP contribution in [0.2, 0.25) is 0 Å². The summed E-state index contributed by atoms with van der Waals surface area (Å²) in [6.07, 6.45) is 3.36. The van der Waals surface area contributed by atoms with Crippen LogP contribution in [-0.2, 0) is 11.2 Å². The molecule has 0 amide bonds. The molecule has 1 rings (SSSR count). The lowest BCUT2D eigenvalue weighted by atomic mass is 10.1. The summed E-state index contributed by atoms with van der Waals surface area (Å²) in [5.74, 6) is 0.397. The lowest BCUT2D eigenvalue weighted by molar-refractivity contribution is -0.119. The van der Waals surface area contributed by atoms with Crippen LogP contribution >= 0.6 is 11.3 Å². The number of hydrogen-bond donors (Lipinski definition) is 0. The number of ketones is 1. The van der Waals surface area contributed by atoms with Gasteiger partial charge in [0.05, 0.1) is 0 Å². The molecule has 0 spiro atoms. The lowest BCUT2D eigenvalue weighted by Crippen LogP contribution is -1.97. The minimum Gasteiger partial charge on any atom is -0.300 e. The summed E-state index contributed by atoms with van der Waals surface area (Å²) in [7, 11) is 0. The topological polar surface area (TPSA) is 17.1 Å². The van der Waals surface area contributed by atoms with Gasteiger partial charge < -0.3 is 0 Å². The molecule has 0 aliphatic heterocycles. The van der Waals surface area contributed by atoms with E-state index in [1.54, 1.807) is 11.3 Å². The molecule has 0 unspecified atom stereocenters. The number of rotatable bonds is 5. The second-order valence-corrected chi connectivity index (χ2v) is 4.67. The number of hydrogen-bond acceptors (Lipinski definition) is 2. The summed E-state index contributed by atoms with van der Waals surface area (Å²) < 4.78 is 0. The summed E-state index contributed by atoms with van der Waals surface area (Å²) >= 11 is 1.80. The Morgan fingerprint density at radius 2 is 2.15 bits per heavy atom. The summed E-state index contributed by atoms with van der Waals surface area (Å²) in [5, 5.41) is 0. The third-order valence-corrected chi connectivity index (χ3v) is 3.04. The third kappa shape index (κ3) is 3.73. The normalized spacial score (nSPS) is 10.3. The molecule has 1 nitrogen and oxygen atoms in total. The molecule has 0 aromatic carbocycles. The maximum atomic E-state index is 11.2. The largest absolute Gasteiger partial charge is 0.300 e. The highest BCUT2D eigenvalue weighted by molar-refractivity contribution is 7.11. The molecule has 0 aliphatic rings. The fourth-order valence-electron chi connectivity index (χ4n) is 1.29. The van der Waals surface area contributed by atoms with E-state index in [9.17, 15) is 4.79 Å². The van der Waals surface area contributed by atoms with Crippen LogP contribution in [0.5, 0.6) is 0 Å². The van der Waals surface area contributed by atoms with Gasteiger partial charge in [-0.05, 0) is 31.9 Å². The van der Waals surface area contributed by atoms with E-state index >= 15 is 0 Å². The number of Topliss-reactive ketones (excluding diaryl/α,β-unsaturated/α-hetero) is 1. The zero-order valence-corrected chi connectivity index (χ0v) is 9.12. The highest BCUT2D eigenvalue weighted by atomic mass is 32.1. The van der Waals surface area contributed by atoms with Crippen molar-refractivity contribution in [3.05, 3.63) is 21.9 Å². The predicted molar refractivity (Wildman–Crippen MR) is 57.3 cm³/mol.